The number of carboxylic acid groups (broad SMARTS) is 1. The number of aliphatic carboxylic acids is 1. The van der Waals surface area contributed by atoms with Crippen LogP contribution in [-0.2, 0) is 4.79 Å². The molecule has 0 saturated carbocycles. The maximum atomic E-state index is 15.0. The molecule has 0 amide bonds. The van der Waals surface area contributed by atoms with Crippen molar-refractivity contribution in [3.8, 4) is 0 Å². The van der Waals surface area contributed by atoms with Crippen LogP contribution in [0.2, 0.25) is 0 Å². The molecular formula is C26H24F4N2O2S2. The molecule has 2 aromatic heterocycles. The molecule has 10 heteroatoms. The summed E-state index contributed by atoms with van der Waals surface area (Å²) in [5.41, 5.74) is -1.87. The number of benzene rings is 1. The maximum Gasteiger partial charge on any atom is 0.333 e. The van der Waals surface area contributed by atoms with Crippen molar-refractivity contribution in [2.45, 2.75) is 39.5 Å². The van der Waals surface area contributed by atoms with Gasteiger partial charge in [-0.15, -0.1) is 22.7 Å². The van der Waals surface area contributed by atoms with Gasteiger partial charge in [0.25, 0.3) is 5.70 Å². The number of nitrogens with zero attached hydrogens (tertiary/aromatic N) is 2. The number of halogens is 4. The highest BCUT2D eigenvalue weighted by Gasteiger charge is 2.27. The Kier molecular flexibility index (Phi) is 9.29. The predicted molar refractivity (Wildman–Crippen MR) is 139 cm³/mol. The fourth-order valence-electron chi connectivity index (χ4n) is 3.56. The van der Waals surface area contributed by atoms with Crippen LogP contribution in [0.5, 0.6) is 0 Å². The quantitative estimate of drug-likeness (QED) is 0.116. The number of hydrogen-bond acceptors (Lipinski definition) is 4. The summed E-state index contributed by atoms with van der Waals surface area (Å²) < 4.78 is 61.3. The van der Waals surface area contributed by atoms with Gasteiger partial charge in [0.1, 0.15) is 5.69 Å². The third-order valence-corrected chi connectivity index (χ3v) is 7.64. The molecule has 4 nitrogen and oxygen atoms in total. The van der Waals surface area contributed by atoms with Crippen LogP contribution in [0.1, 0.15) is 54.8 Å². The normalized spacial score (nSPS) is 12.0. The lowest BCUT2D eigenvalue weighted by Gasteiger charge is -2.26. The minimum atomic E-state index is -1.44. The number of anilines is 1. The lowest BCUT2D eigenvalue weighted by molar-refractivity contribution is -0.132. The number of hydrogen-bond donors (Lipinski definition) is 1. The van der Waals surface area contributed by atoms with Gasteiger partial charge in [0.2, 0.25) is 0 Å². The van der Waals surface area contributed by atoms with E-state index >= 15 is 0 Å². The van der Waals surface area contributed by atoms with Crippen LogP contribution >= 0.6 is 22.7 Å². The van der Waals surface area contributed by atoms with E-state index in [0.29, 0.717) is 35.7 Å². The number of unbranched alkanes of at least 4 members (excludes halogenated alkanes) is 2. The lowest BCUT2D eigenvalue weighted by atomic mass is 10.1. The van der Waals surface area contributed by atoms with Crippen LogP contribution in [0.15, 0.2) is 17.8 Å². The summed E-state index contributed by atoms with van der Waals surface area (Å²) in [6.45, 7) is 11.4. The number of rotatable bonds is 11. The van der Waals surface area contributed by atoms with Crippen molar-refractivity contribution < 1.29 is 27.5 Å². The zero-order valence-electron chi connectivity index (χ0n) is 19.7. The van der Waals surface area contributed by atoms with Gasteiger partial charge in [0.05, 0.1) is 12.1 Å². The van der Waals surface area contributed by atoms with Crippen LogP contribution < -0.4 is 4.90 Å². The molecule has 0 atom stereocenters. The standard InChI is InChI=1S/C26H24F4N2O2S2/c1-4-6-10-32(11-7-5-2)25-23(29)21(27)17(22(28)24(25)30)9-8-15-13-19-20(35-15)14-16(36-19)12-18(31-3)26(33)34/h8-9,12-14H,4-7,10-11H2,1-2H3,(H,33,34)/b9-8+,18-12-. The second kappa shape index (κ2) is 12.2. The van der Waals surface area contributed by atoms with E-state index in [1.165, 1.54) is 39.7 Å². The molecule has 2 heterocycles. The monoisotopic (exact) mass is 536 g/mol. The fourth-order valence-corrected chi connectivity index (χ4v) is 5.82. The van der Waals surface area contributed by atoms with E-state index in [1.807, 2.05) is 13.8 Å². The molecule has 1 aromatic carbocycles. The van der Waals surface area contributed by atoms with E-state index in [-0.39, 0.29) is 0 Å². The Morgan fingerprint density at radius 1 is 0.944 bits per heavy atom. The Hall–Kier alpha value is -3.16. The molecule has 190 valence electrons. The molecule has 0 radical (unpaired) electrons. The summed E-state index contributed by atoms with van der Waals surface area (Å²) in [5.74, 6) is -7.01. The first kappa shape index (κ1) is 27.4. The van der Waals surface area contributed by atoms with Gasteiger partial charge in [0, 0.05) is 32.2 Å². The number of carboxylic acids is 1. The first-order chi connectivity index (χ1) is 17.2. The van der Waals surface area contributed by atoms with Crippen molar-refractivity contribution >= 4 is 62.0 Å². The van der Waals surface area contributed by atoms with Gasteiger partial charge in [-0.05, 0) is 43.2 Å². The summed E-state index contributed by atoms with van der Waals surface area (Å²) in [4.78, 5) is 16.5. The van der Waals surface area contributed by atoms with Crippen molar-refractivity contribution in [1.82, 2.24) is 0 Å². The third-order valence-electron chi connectivity index (χ3n) is 5.43. The summed E-state index contributed by atoms with van der Waals surface area (Å²) in [6, 6.07) is 3.41. The lowest BCUT2D eigenvalue weighted by Crippen LogP contribution is -2.28. The third kappa shape index (κ3) is 5.97. The van der Waals surface area contributed by atoms with Gasteiger partial charge in [-0.1, -0.05) is 26.7 Å². The van der Waals surface area contributed by atoms with Gasteiger partial charge >= 0.3 is 5.97 Å². The van der Waals surface area contributed by atoms with Crippen LogP contribution in [0.4, 0.5) is 23.2 Å². The zero-order valence-corrected chi connectivity index (χ0v) is 21.3. The maximum absolute atomic E-state index is 15.0. The predicted octanol–water partition coefficient (Wildman–Crippen LogP) is 8.44. The van der Waals surface area contributed by atoms with Gasteiger partial charge in [-0.25, -0.2) is 22.4 Å². The van der Waals surface area contributed by atoms with E-state index in [1.54, 1.807) is 12.1 Å². The van der Waals surface area contributed by atoms with E-state index in [0.717, 1.165) is 28.3 Å². The van der Waals surface area contributed by atoms with Crippen molar-refractivity contribution in [1.29, 1.82) is 0 Å². The molecule has 0 saturated heterocycles. The Balaban J connectivity index is 1.92. The molecule has 1 N–H and O–H groups in total. The van der Waals surface area contributed by atoms with Crippen molar-refractivity contribution in [3.63, 3.8) is 0 Å². The van der Waals surface area contributed by atoms with Crippen molar-refractivity contribution in [3.05, 3.63) is 67.8 Å². The Morgan fingerprint density at radius 2 is 1.47 bits per heavy atom. The van der Waals surface area contributed by atoms with Gasteiger partial charge < -0.3 is 10.0 Å². The minimum absolute atomic E-state index is 0.297. The average molecular weight is 537 g/mol. The summed E-state index contributed by atoms with van der Waals surface area (Å²) >= 11 is 2.51. The first-order valence-corrected chi connectivity index (χ1v) is 13.0. The van der Waals surface area contributed by atoms with Gasteiger partial charge in [-0.2, -0.15) is 0 Å². The highest BCUT2D eigenvalue weighted by Crippen LogP contribution is 2.36. The topological polar surface area (TPSA) is 44.9 Å². The molecule has 0 spiro atoms. The molecule has 0 unspecified atom stereocenters. The zero-order chi connectivity index (χ0) is 26.4. The van der Waals surface area contributed by atoms with Crippen molar-refractivity contribution in [2.75, 3.05) is 18.0 Å². The van der Waals surface area contributed by atoms with Crippen LogP contribution in [0.3, 0.4) is 0 Å². The Morgan fingerprint density at radius 3 is 1.97 bits per heavy atom. The highest BCUT2D eigenvalue weighted by molar-refractivity contribution is 7.28. The van der Waals surface area contributed by atoms with Gasteiger partial charge in [-0.3, -0.25) is 4.79 Å². The number of carbonyl (C=O) groups is 1. The van der Waals surface area contributed by atoms with E-state index < -0.39 is 46.2 Å². The number of thiophene rings is 2. The first-order valence-electron chi connectivity index (χ1n) is 11.4. The molecule has 0 bridgehead atoms. The molecule has 36 heavy (non-hydrogen) atoms. The summed E-state index contributed by atoms with van der Waals surface area (Å²) in [5, 5.41) is 8.99. The van der Waals surface area contributed by atoms with E-state index in [9.17, 15) is 22.4 Å². The van der Waals surface area contributed by atoms with Crippen LogP contribution in [-0.4, -0.2) is 24.2 Å². The Bertz CT molecular complexity index is 1300. The fraction of sp³-hybridized carbons (Fsp3) is 0.308. The molecule has 0 aliphatic carbocycles. The molecule has 3 rings (SSSR count). The molecule has 0 fully saturated rings. The molecular weight excluding hydrogens is 512 g/mol. The number of fused-ring (bicyclic) bond motifs is 1. The minimum Gasteiger partial charge on any atom is -0.486 e. The second-order valence-corrected chi connectivity index (χ2v) is 10.2. The van der Waals surface area contributed by atoms with Crippen molar-refractivity contribution in [2.24, 2.45) is 0 Å². The van der Waals surface area contributed by atoms with E-state index in [2.05, 4.69) is 4.85 Å². The smallest absolute Gasteiger partial charge is 0.333 e. The van der Waals surface area contributed by atoms with E-state index in [4.69, 9.17) is 11.7 Å². The molecule has 0 aliphatic heterocycles. The largest absolute Gasteiger partial charge is 0.486 e. The summed E-state index contributed by atoms with van der Waals surface area (Å²) in [7, 11) is 0. The second-order valence-electron chi connectivity index (χ2n) is 8.02. The van der Waals surface area contributed by atoms with Crippen LogP contribution in [0.25, 0.3) is 32.5 Å². The SMILES string of the molecule is [C-]#[N+]/C(=C\c1cc2sc(/C=C/c3c(F)c(F)c(N(CCCC)CCCC)c(F)c3F)cc2s1)C(=O)O. The van der Waals surface area contributed by atoms with Gasteiger partial charge in [0.15, 0.2) is 23.3 Å². The van der Waals surface area contributed by atoms with Crippen LogP contribution in [0, 0.1) is 29.8 Å². The Labute approximate surface area is 214 Å². The summed E-state index contributed by atoms with van der Waals surface area (Å²) in [6.07, 6.45) is 6.47. The average Bonchev–Trinajstić information content (AvgIpc) is 3.40. The highest BCUT2D eigenvalue weighted by atomic mass is 32.1. The molecule has 3 aromatic rings. The molecule has 0 aliphatic rings.